The summed E-state index contributed by atoms with van der Waals surface area (Å²) in [4.78, 5) is 11.4. The minimum atomic E-state index is -0.462. The van der Waals surface area contributed by atoms with Crippen molar-refractivity contribution in [3.05, 3.63) is 30.1 Å². The second-order valence-corrected chi connectivity index (χ2v) is 4.54. The molecule has 0 aliphatic rings. The number of amides is 1. The third-order valence-electron chi connectivity index (χ3n) is 1.84. The molecule has 1 rings (SSSR count). The zero-order chi connectivity index (χ0) is 12.9. The molecule has 0 aliphatic heterocycles. The van der Waals surface area contributed by atoms with Gasteiger partial charge in [0.25, 0.3) is 0 Å². The quantitative estimate of drug-likeness (QED) is 0.820. The molecule has 0 aromatic heterocycles. The van der Waals surface area contributed by atoms with E-state index in [9.17, 15) is 9.18 Å². The first-order valence-electron chi connectivity index (χ1n) is 5.29. The van der Waals surface area contributed by atoms with Crippen LogP contribution in [0, 0.1) is 5.82 Å². The van der Waals surface area contributed by atoms with E-state index >= 15 is 0 Å². The number of carbonyl (C=O) groups is 1. The Morgan fingerprint density at radius 1 is 1.41 bits per heavy atom. The van der Waals surface area contributed by atoms with Crippen LogP contribution in [0.25, 0.3) is 0 Å². The fraction of sp³-hybridized carbons (Fsp3) is 0.417. The van der Waals surface area contributed by atoms with Crippen molar-refractivity contribution >= 4 is 11.6 Å². The Hall–Kier alpha value is -1.46. The van der Waals surface area contributed by atoms with Crippen LogP contribution >= 0.6 is 0 Å². The van der Waals surface area contributed by atoms with Gasteiger partial charge in [0.15, 0.2) is 0 Å². The Bertz CT molecular complexity index is 371. The van der Waals surface area contributed by atoms with E-state index in [2.05, 4.69) is 5.32 Å². The maximum atomic E-state index is 12.6. The molecular weight excluding hydrogens is 223 g/mol. The summed E-state index contributed by atoms with van der Waals surface area (Å²) < 4.78 is 17.8. The summed E-state index contributed by atoms with van der Waals surface area (Å²) in [6.07, 6.45) is 0. The Kier molecular flexibility index (Phi) is 4.60. The van der Waals surface area contributed by atoms with Gasteiger partial charge in [-0.15, -0.1) is 0 Å². The van der Waals surface area contributed by atoms with Gasteiger partial charge in [-0.2, -0.15) is 0 Å². The molecule has 5 heteroatoms. The summed E-state index contributed by atoms with van der Waals surface area (Å²) in [5.74, 6) is -0.634. The topological polar surface area (TPSA) is 64.3 Å². The van der Waals surface area contributed by atoms with Crippen LogP contribution in [-0.2, 0) is 9.53 Å². The molecule has 0 spiro atoms. The Morgan fingerprint density at radius 3 is 2.53 bits per heavy atom. The second kappa shape index (κ2) is 5.75. The van der Waals surface area contributed by atoms with E-state index in [1.165, 1.54) is 24.3 Å². The predicted molar refractivity (Wildman–Crippen MR) is 64.1 cm³/mol. The summed E-state index contributed by atoms with van der Waals surface area (Å²) >= 11 is 0. The maximum Gasteiger partial charge on any atom is 0.250 e. The molecule has 94 valence electrons. The molecule has 0 radical (unpaired) electrons. The lowest BCUT2D eigenvalue weighted by Gasteiger charge is -2.17. The highest BCUT2D eigenvalue weighted by molar-refractivity contribution is 5.91. The Balaban J connectivity index is 2.32. The largest absolute Gasteiger partial charge is 0.370 e. The zero-order valence-corrected chi connectivity index (χ0v) is 10.00. The van der Waals surface area contributed by atoms with Gasteiger partial charge in [0, 0.05) is 11.2 Å². The second-order valence-electron chi connectivity index (χ2n) is 4.54. The smallest absolute Gasteiger partial charge is 0.250 e. The molecule has 0 fully saturated rings. The first-order chi connectivity index (χ1) is 7.87. The highest BCUT2D eigenvalue weighted by Crippen LogP contribution is 2.08. The highest BCUT2D eigenvalue weighted by Gasteiger charge is 2.11. The van der Waals surface area contributed by atoms with E-state index in [0.717, 1.165) is 0 Å². The third-order valence-corrected chi connectivity index (χ3v) is 1.84. The first-order valence-corrected chi connectivity index (χ1v) is 5.29. The predicted octanol–water partition coefficient (Wildman–Crippen LogP) is 1.52. The van der Waals surface area contributed by atoms with Gasteiger partial charge in [-0.25, -0.2) is 4.39 Å². The molecule has 17 heavy (non-hydrogen) atoms. The molecule has 0 saturated carbocycles. The molecule has 1 aromatic carbocycles. The van der Waals surface area contributed by atoms with E-state index in [-0.39, 0.29) is 18.3 Å². The molecule has 0 bridgehead atoms. The third kappa shape index (κ3) is 5.99. The first kappa shape index (κ1) is 13.6. The average molecular weight is 240 g/mol. The molecule has 1 aromatic rings. The number of anilines is 1. The lowest BCUT2D eigenvalue weighted by molar-refractivity contribution is -0.121. The van der Waals surface area contributed by atoms with Gasteiger partial charge in [-0.1, -0.05) is 0 Å². The number of ether oxygens (including phenoxy) is 1. The number of hydrogen-bond acceptors (Lipinski definition) is 3. The van der Waals surface area contributed by atoms with E-state index in [0.29, 0.717) is 12.3 Å². The van der Waals surface area contributed by atoms with Crippen LogP contribution in [0.4, 0.5) is 10.1 Å². The number of carbonyl (C=O) groups excluding carboxylic acids is 1. The van der Waals surface area contributed by atoms with Crippen molar-refractivity contribution in [1.82, 2.24) is 0 Å². The molecule has 0 atom stereocenters. The van der Waals surface area contributed by atoms with Gasteiger partial charge in [-0.05, 0) is 38.1 Å². The van der Waals surface area contributed by atoms with Crippen molar-refractivity contribution in [3.63, 3.8) is 0 Å². The highest BCUT2D eigenvalue weighted by atomic mass is 19.1. The summed E-state index contributed by atoms with van der Waals surface area (Å²) in [5, 5.41) is 2.58. The normalized spacial score (nSPS) is 11.3. The van der Waals surface area contributed by atoms with Gasteiger partial charge in [0.05, 0.1) is 6.61 Å². The molecular formula is C12H17FN2O2. The Labute approximate surface area is 100.0 Å². The van der Waals surface area contributed by atoms with Crippen LogP contribution in [0.1, 0.15) is 13.8 Å². The van der Waals surface area contributed by atoms with Crippen molar-refractivity contribution in [3.8, 4) is 0 Å². The number of hydrogen-bond donors (Lipinski definition) is 2. The number of benzene rings is 1. The van der Waals surface area contributed by atoms with Crippen LogP contribution in [0.15, 0.2) is 24.3 Å². The van der Waals surface area contributed by atoms with E-state index in [1.807, 2.05) is 13.8 Å². The van der Waals surface area contributed by atoms with Gasteiger partial charge in [-0.3, -0.25) is 4.79 Å². The van der Waals surface area contributed by atoms with Gasteiger partial charge in [0.1, 0.15) is 12.4 Å². The van der Waals surface area contributed by atoms with Crippen molar-refractivity contribution in [1.29, 1.82) is 0 Å². The molecule has 3 N–H and O–H groups in total. The summed E-state index contributed by atoms with van der Waals surface area (Å²) in [5.41, 5.74) is 5.76. The van der Waals surface area contributed by atoms with E-state index < -0.39 is 5.54 Å². The number of nitrogens with two attached hydrogens (primary N) is 1. The molecule has 0 unspecified atom stereocenters. The van der Waals surface area contributed by atoms with Crippen LogP contribution in [0.3, 0.4) is 0 Å². The molecule has 4 nitrogen and oxygen atoms in total. The molecule has 0 heterocycles. The Morgan fingerprint density at radius 2 is 2.00 bits per heavy atom. The van der Waals surface area contributed by atoms with Gasteiger partial charge >= 0.3 is 0 Å². The average Bonchev–Trinajstić information content (AvgIpc) is 2.19. The van der Waals surface area contributed by atoms with Gasteiger partial charge in [0.2, 0.25) is 5.91 Å². The van der Waals surface area contributed by atoms with Crippen molar-refractivity contribution in [2.45, 2.75) is 19.4 Å². The van der Waals surface area contributed by atoms with E-state index in [4.69, 9.17) is 10.5 Å². The van der Waals surface area contributed by atoms with Crippen LogP contribution < -0.4 is 11.1 Å². The van der Waals surface area contributed by atoms with Crippen molar-refractivity contribution < 1.29 is 13.9 Å². The minimum absolute atomic E-state index is 0.0714. The van der Waals surface area contributed by atoms with Crippen LogP contribution in [-0.4, -0.2) is 24.7 Å². The molecule has 0 saturated heterocycles. The van der Waals surface area contributed by atoms with Crippen LogP contribution in [0.2, 0.25) is 0 Å². The molecule has 1 amide bonds. The summed E-state index contributed by atoms with van der Waals surface area (Å²) in [6, 6.07) is 5.53. The number of nitrogens with one attached hydrogen (secondary N) is 1. The lowest BCUT2D eigenvalue weighted by Crippen LogP contribution is -2.38. The SMILES string of the molecule is CC(C)(N)COCC(=O)Nc1ccc(F)cc1. The lowest BCUT2D eigenvalue weighted by atomic mass is 10.1. The van der Waals surface area contributed by atoms with E-state index in [1.54, 1.807) is 0 Å². The number of halogens is 1. The summed E-state index contributed by atoms with van der Waals surface area (Å²) in [7, 11) is 0. The molecule has 0 aliphatic carbocycles. The fourth-order valence-electron chi connectivity index (χ4n) is 1.14. The minimum Gasteiger partial charge on any atom is -0.370 e. The summed E-state index contributed by atoms with van der Waals surface area (Å²) in [6.45, 7) is 3.84. The standard InChI is InChI=1S/C12H17FN2O2/c1-12(2,14)8-17-7-11(16)15-10-5-3-9(13)4-6-10/h3-6H,7-8,14H2,1-2H3,(H,15,16). The zero-order valence-electron chi connectivity index (χ0n) is 10.00. The van der Waals surface area contributed by atoms with Crippen molar-refractivity contribution in [2.24, 2.45) is 5.73 Å². The van der Waals surface area contributed by atoms with Gasteiger partial charge < -0.3 is 15.8 Å². The van der Waals surface area contributed by atoms with Crippen LogP contribution in [0.5, 0.6) is 0 Å². The van der Waals surface area contributed by atoms with Crippen molar-refractivity contribution in [2.75, 3.05) is 18.5 Å². The number of rotatable bonds is 5. The fourth-order valence-corrected chi connectivity index (χ4v) is 1.14. The maximum absolute atomic E-state index is 12.6. The monoisotopic (exact) mass is 240 g/mol.